The molecule has 24 heavy (non-hydrogen) atoms. The molecule has 1 aliphatic heterocycles. The largest absolute Gasteiger partial charge is 0.345 e. The highest BCUT2D eigenvalue weighted by Crippen LogP contribution is 2.31. The fourth-order valence-electron chi connectivity index (χ4n) is 4.04. The highest BCUT2D eigenvalue weighted by atomic mass is 16.2. The van der Waals surface area contributed by atoms with Crippen molar-refractivity contribution >= 4 is 11.8 Å². The second-order valence-electron chi connectivity index (χ2n) is 7.86. The fourth-order valence-corrected chi connectivity index (χ4v) is 4.04. The van der Waals surface area contributed by atoms with Gasteiger partial charge in [-0.3, -0.25) is 14.5 Å². The Morgan fingerprint density at radius 1 is 1.08 bits per heavy atom. The molecule has 1 aliphatic carbocycles. The maximum absolute atomic E-state index is 12.9. The minimum absolute atomic E-state index is 0.0137. The van der Waals surface area contributed by atoms with Gasteiger partial charge < -0.3 is 9.80 Å². The summed E-state index contributed by atoms with van der Waals surface area (Å²) in [5.41, 5.74) is 0. The Morgan fingerprint density at radius 2 is 1.67 bits per heavy atom. The summed E-state index contributed by atoms with van der Waals surface area (Å²) >= 11 is 0. The van der Waals surface area contributed by atoms with E-state index in [1.54, 1.807) is 0 Å². The summed E-state index contributed by atoms with van der Waals surface area (Å²) in [5.74, 6) is 1.43. The summed E-state index contributed by atoms with van der Waals surface area (Å²) in [5, 5.41) is 0. The molecule has 1 heterocycles. The van der Waals surface area contributed by atoms with E-state index in [1.807, 2.05) is 23.8 Å². The van der Waals surface area contributed by atoms with Crippen LogP contribution in [0.25, 0.3) is 0 Å². The molecule has 2 aliphatic rings. The van der Waals surface area contributed by atoms with E-state index < -0.39 is 0 Å². The van der Waals surface area contributed by atoms with Crippen LogP contribution in [0.4, 0.5) is 0 Å². The number of rotatable bonds is 6. The van der Waals surface area contributed by atoms with Crippen molar-refractivity contribution in [1.29, 1.82) is 0 Å². The van der Waals surface area contributed by atoms with E-state index in [4.69, 9.17) is 0 Å². The standard InChI is InChI=1S/C19H35N3O2/c1-5-20(4)19(24)18(16-8-6-7-9-16)22-12-10-21(11-13-22)17(23)14-15(2)3/h15-16,18H,5-14H2,1-4H3/t18-/m0/s1. The zero-order valence-electron chi connectivity index (χ0n) is 16.0. The number of carbonyl (C=O) groups is 2. The zero-order chi connectivity index (χ0) is 17.7. The number of likely N-dealkylation sites (N-methyl/N-ethyl adjacent to an activating group) is 1. The molecule has 0 aromatic rings. The predicted octanol–water partition coefficient (Wildman–Crippen LogP) is 2.21. The lowest BCUT2D eigenvalue weighted by Crippen LogP contribution is -2.58. The summed E-state index contributed by atoms with van der Waals surface area (Å²) in [7, 11) is 1.91. The Morgan fingerprint density at radius 3 is 2.17 bits per heavy atom. The molecular weight excluding hydrogens is 302 g/mol. The Hall–Kier alpha value is -1.10. The molecule has 0 unspecified atom stereocenters. The lowest BCUT2D eigenvalue weighted by molar-refractivity contribution is -0.140. The van der Waals surface area contributed by atoms with E-state index >= 15 is 0 Å². The van der Waals surface area contributed by atoms with Crippen molar-refractivity contribution in [2.45, 2.75) is 58.9 Å². The number of amides is 2. The maximum Gasteiger partial charge on any atom is 0.239 e. The first kappa shape index (κ1) is 19.2. The normalized spacial score (nSPS) is 21.3. The van der Waals surface area contributed by atoms with Crippen molar-refractivity contribution in [2.75, 3.05) is 39.8 Å². The molecule has 2 fully saturated rings. The van der Waals surface area contributed by atoms with E-state index in [2.05, 4.69) is 18.7 Å². The van der Waals surface area contributed by atoms with E-state index in [-0.39, 0.29) is 17.9 Å². The van der Waals surface area contributed by atoms with Crippen molar-refractivity contribution in [1.82, 2.24) is 14.7 Å². The fraction of sp³-hybridized carbons (Fsp3) is 0.895. The third-order valence-electron chi connectivity index (χ3n) is 5.59. The Balaban J connectivity index is 1.99. The van der Waals surface area contributed by atoms with Gasteiger partial charge in [-0.05, 0) is 31.6 Å². The number of hydrogen-bond acceptors (Lipinski definition) is 3. The summed E-state index contributed by atoms with van der Waals surface area (Å²) < 4.78 is 0. The van der Waals surface area contributed by atoms with Crippen LogP contribution in [0.1, 0.15) is 52.9 Å². The molecule has 138 valence electrons. The highest BCUT2D eigenvalue weighted by Gasteiger charge is 2.38. The van der Waals surface area contributed by atoms with Gasteiger partial charge in [-0.2, -0.15) is 0 Å². The topological polar surface area (TPSA) is 43.9 Å². The first-order chi connectivity index (χ1) is 11.4. The molecular formula is C19H35N3O2. The molecule has 0 radical (unpaired) electrons. The van der Waals surface area contributed by atoms with E-state index in [9.17, 15) is 9.59 Å². The molecule has 0 aromatic heterocycles. The van der Waals surface area contributed by atoms with Crippen LogP contribution in [0, 0.1) is 11.8 Å². The lowest BCUT2D eigenvalue weighted by atomic mass is 9.94. The minimum Gasteiger partial charge on any atom is -0.345 e. The molecule has 1 saturated carbocycles. The Labute approximate surface area is 147 Å². The molecule has 0 spiro atoms. The molecule has 0 bridgehead atoms. The predicted molar refractivity (Wildman–Crippen MR) is 96.7 cm³/mol. The molecule has 5 nitrogen and oxygen atoms in total. The second kappa shape index (κ2) is 8.84. The van der Waals surface area contributed by atoms with Gasteiger partial charge in [0.2, 0.25) is 11.8 Å². The van der Waals surface area contributed by atoms with E-state index in [0.717, 1.165) is 32.7 Å². The quantitative estimate of drug-likeness (QED) is 0.746. The van der Waals surface area contributed by atoms with Crippen LogP contribution in [0.5, 0.6) is 0 Å². The van der Waals surface area contributed by atoms with Gasteiger partial charge in [0.1, 0.15) is 0 Å². The van der Waals surface area contributed by atoms with Crippen molar-refractivity contribution in [3.8, 4) is 0 Å². The molecule has 5 heteroatoms. The SMILES string of the molecule is CCN(C)C(=O)[C@H](C1CCCC1)N1CCN(C(=O)CC(C)C)CC1. The lowest BCUT2D eigenvalue weighted by Gasteiger charge is -2.42. The van der Waals surface area contributed by atoms with Gasteiger partial charge in [0.15, 0.2) is 0 Å². The van der Waals surface area contributed by atoms with Crippen molar-refractivity contribution < 1.29 is 9.59 Å². The third kappa shape index (κ3) is 4.71. The van der Waals surface area contributed by atoms with Crippen LogP contribution < -0.4 is 0 Å². The average molecular weight is 338 g/mol. The van der Waals surface area contributed by atoms with Crippen LogP contribution in [-0.4, -0.2) is 72.3 Å². The number of carbonyl (C=O) groups excluding carboxylic acids is 2. The first-order valence-electron chi connectivity index (χ1n) is 9.70. The van der Waals surface area contributed by atoms with Crippen LogP contribution in [0.2, 0.25) is 0 Å². The van der Waals surface area contributed by atoms with Gasteiger partial charge in [-0.1, -0.05) is 26.7 Å². The Bertz CT molecular complexity index is 424. The summed E-state index contributed by atoms with van der Waals surface area (Å²) in [6.07, 6.45) is 5.46. The first-order valence-corrected chi connectivity index (χ1v) is 9.70. The van der Waals surface area contributed by atoms with Gasteiger partial charge in [0.05, 0.1) is 6.04 Å². The molecule has 1 atom stereocenters. The van der Waals surface area contributed by atoms with Crippen molar-refractivity contribution in [3.05, 3.63) is 0 Å². The maximum atomic E-state index is 12.9. The summed E-state index contributed by atoms with van der Waals surface area (Å²) in [4.78, 5) is 31.4. The van der Waals surface area contributed by atoms with Gasteiger partial charge in [-0.25, -0.2) is 0 Å². The van der Waals surface area contributed by atoms with Gasteiger partial charge in [-0.15, -0.1) is 0 Å². The minimum atomic E-state index is 0.0137. The number of nitrogens with zero attached hydrogens (tertiary/aromatic N) is 3. The number of hydrogen-bond donors (Lipinski definition) is 0. The second-order valence-corrected chi connectivity index (χ2v) is 7.86. The van der Waals surface area contributed by atoms with Gasteiger partial charge in [0, 0.05) is 46.2 Å². The van der Waals surface area contributed by atoms with Crippen molar-refractivity contribution in [3.63, 3.8) is 0 Å². The van der Waals surface area contributed by atoms with Gasteiger partial charge in [0.25, 0.3) is 0 Å². The average Bonchev–Trinajstić information content (AvgIpc) is 3.08. The summed E-state index contributed by atoms with van der Waals surface area (Å²) in [6, 6.07) is 0.0137. The van der Waals surface area contributed by atoms with E-state index in [0.29, 0.717) is 18.3 Å². The number of piperazine rings is 1. The zero-order valence-corrected chi connectivity index (χ0v) is 16.0. The van der Waals surface area contributed by atoms with Crippen LogP contribution in [-0.2, 0) is 9.59 Å². The molecule has 1 saturated heterocycles. The molecule has 2 amide bonds. The van der Waals surface area contributed by atoms with Crippen molar-refractivity contribution in [2.24, 2.45) is 11.8 Å². The highest BCUT2D eigenvalue weighted by molar-refractivity contribution is 5.82. The smallest absolute Gasteiger partial charge is 0.239 e. The molecule has 0 aromatic carbocycles. The van der Waals surface area contributed by atoms with Crippen LogP contribution in [0.3, 0.4) is 0 Å². The third-order valence-corrected chi connectivity index (χ3v) is 5.59. The monoisotopic (exact) mass is 337 g/mol. The molecule has 2 rings (SSSR count). The van der Waals surface area contributed by atoms with Gasteiger partial charge >= 0.3 is 0 Å². The van der Waals surface area contributed by atoms with Crippen LogP contribution in [0.15, 0.2) is 0 Å². The Kier molecular flexibility index (Phi) is 7.08. The summed E-state index contributed by atoms with van der Waals surface area (Å²) in [6.45, 7) is 10.1. The molecule has 0 N–H and O–H groups in total. The van der Waals surface area contributed by atoms with Crippen LogP contribution >= 0.6 is 0 Å². The van der Waals surface area contributed by atoms with E-state index in [1.165, 1.54) is 25.7 Å².